The molecule has 1 fully saturated rings. The van der Waals surface area contributed by atoms with Gasteiger partial charge in [-0.1, -0.05) is 36.2 Å². The highest BCUT2D eigenvalue weighted by Crippen LogP contribution is 2.23. The van der Waals surface area contributed by atoms with E-state index in [9.17, 15) is 4.79 Å². The van der Waals surface area contributed by atoms with Crippen LogP contribution in [0.1, 0.15) is 25.3 Å². The van der Waals surface area contributed by atoms with E-state index in [-0.39, 0.29) is 24.2 Å². The molecule has 1 aliphatic heterocycles. The van der Waals surface area contributed by atoms with E-state index < -0.39 is 0 Å². The number of benzene rings is 1. The van der Waals surface area contributed by atoms with Gasteiger partial charge in [0, 0.05) is 28.5 Å². The van der Waals surface area contributed by atoms with Crippen LogP contribution in [0.15, 0.2) is 18.2 Å². The maximum Gasteiger partial charge on any atom is 0.223 e. The second kappa shape index (κ2) is 8.84. The van der Waals surface area contributed by atoms with Gasteiger partial charge in [0.25, 0.3) is 0 Å². The molecule has 2 rings (SSSR count). The Hall–Kier alpha value is -0.480. The summed E-state index contributed by atoms with van der Waals surface area (Å²) in [6.07, 6.45) is 2.95. The average molecular weight is 352 g/mol. The zero-order valence-electron chi connectivity index (χ0n) is 12.0. The van der Waals surface area contributed by atoms with Gasteiger partial charge in [0.2, 0.25) is 5.91 Å². The normalized spacial score (nSPS) is 18.9. The first kappa shape index (κ1) is 18.6. The topological polar surface area (TPSA) is 41.1 Å². The highest BCUT2D eigenvalue weighted by Gasteiger charge is 2.18. The van der Waals surface area contributed by atoms with Crippen molar-refractivity contribution >= 4 is 41.5 Å². The first-order valence-corrected chi connectivity index (χ1v) is 7.77. The van der Waals surface area contributed by atoms with Gasteiger partial charge in [-0.3, -0.25) is 4.79 Å². The van der Waals surface area contributed by atoms with Crippen molar-refractivity contribution in [2.75, 3.05) is 13.1 Å². The van der Waals surface area contributed by atoms with Gasteiger partial charge < -0.3 is 10.6 Å². The molecule has 2 unspecified atom stereocenters. The Morgan fingerprint density at radius 1 is 1.48 bits per heavy atom. The first-order valence-electron chi connectivity index (χ1n) is 7.01. The Labute approximate surface area is 142 Å². The lowest BCUT2D eigenvalue weighted by atomic mass is 10.00. The summed E-state index contributed by atoms with van der Waals surface area (Å²) in [6, 6.07) is 5.82. The molecule has 1 amide bonds. The summed E-state index contributed by atoms with van der Waals surface area (Å²) < 4.78 is 0. The van der Waals surface area contributed by atoms with Crippen LogP contribution < -0.4 is 10.6 Å². The Bertz CT molecular complexity index is 476. The monoisotopic (exact) mass is 350 g/mol. The Kier molecular flexibility index (Phi) is 7.82. The maximum atomic E-state index is 12.1. The van der Waals surface area contributed by atoms with Crippen LogP contribution in [0.5, 0.6) is 0 Å². The minimum atomic E-state index is -0.102. The highest BCUT2D eigenvalue weighted by molar-refractivity contribution is 6.35. The fourth-order valence-corrected chi connectivity index (χ4v) is 2.92. The number of hydrogen-bond acceptors (Lipinski definition) is 2. The van der Waals surface area contributed by atoms with Gasteiger partial charge in [-0.15, -0.1) is 12.4 Å². The summed E-state index contributed by atoms with van der Waals surface area (Å²) in [5, 5.41) is 7.60. The Balaban J connectivity index is 0.00000220. The minimum Gasteiger partial charge on any atom is -0.354 e. The van der Waals surface area contributed by atoms with Crippen LogP contribution in [0.4, 0.5) is 0 Å². The predicted molar refractivity (Wildman–Crippen MR) is 90.6 cm³/mol. The van der Waals surface area contributed by atoms with Crippen molar-refractivity contribution in [3.8, 4) is 0 Å². The third kappa shape index (κ3) is 5.67. The molecule has 118 valence electrons. The van der Waals surface area contributed by atoms with Gasteiger partial charge in [0.15, 0.2) is 0 Å². The number of nitrogens with one attached hydrogen (secondary N) is 2. The van der Waals surface area contributed by atoms with Crippen LogP contribution >= 0.6 is 35.6 Å². The first-order chi connectivity index (χ1) is 9.56. The van der Waals surface area contributed by atoms with E-state index >= 15 is 0 Å². The Morgan fingerprint density at radius 2 is 2.24 bits per heavy atom. The molecule has 1 aromatic carbocycles. The van der Waals surface area contributed by atoms with Crippen LogP contribution in [0.3, 0.4) is 0 Å². The van der Waals surface area contributed by atoms with Gasteiger partial charge in [0.1, 0.15) is 0 Å². The molecule has 1 heterocycles. The fraction of sp³-hybridized carbons (Fsp3) is 0.533. The molecule has 0 saturated carbocycles. The van der Waals surface area contributed by atoms with Gasteiger partial charge in [-0.25, -0.2) is 0 Å². The molecule has 6 heteroatoms. The number of hydrogen-bond donors (Lipinski definition) is 2. The summed E-state index contributed by atoms with van der Waals surface area (Å²) in [5.74, 6) is -0.0280. The van der Waals surface area contributed by atoms with Crippen molar-refractivity contribution < 1.29 is 4.79 Å². The number of amides is 1. The van der Waals surface area contributed by atoms with Crippen molar-refractivity contribution in [2.24, 2.45) is 5.92 Å². The fourth-order valence-electron chi connectivity index (χ4n) is 2.44. The second-order valence-electron chi connectivity index (χ2n) is 5.38. The molecular weight excluding hydrogens is 331 g/mol. The van der Waals surface area contributed by atoms with Gasteiger partial charge in [0.05, 0.1) is 0 Å². The minimum absolute atomic E-state index is 0. The standard InChI is InChI=1S/C15H20Cl2N2O.ClH/c1-10(7-11-4-5-12(16)8-14(11)17)15(20)19-9-13-3-2-6-18-13;/h4-5,8,10,13,18H,2-3,6-7,9H2,1H3,(H,19,20);1H. The van der Waals surface area contributed by atoms with Gasteiger partial charge in [-0.2, -0.15) is 0 Å². The SMILES string of the molecule is CC(Cc1ccc(Cl)cc1Cl)C(=O)NCC1CCCN1.Cl. The zero-order chi connectivity index (χ0) is 14.5. The molecule has 3 nitrogen and oxygen atoms in total. The van der Waals surface area contributed by atoms with Crippen molar-refractivity contribution in [2.45, 2.75) is 32.2 Å². The molecule has 21 heavy (non-hydrogen) atoms. The summed E-state index contributed by atoms with van der Waals surface area (Å²) >= 11 is 12.0. The van der Waals surface area contributed by atoms with Crippen LogP contribution in [0.2, 0.25) is 10.0 Å². The molecule has 0 spiro atoms. The number of halogens is 3. The summed E-state index contributed by atoms with van der Waals surface area (Å²) in [6.45, 7) is 3.68. The van der Waals surface area contributed by atoms with E-state index in [1.165, 1.54) is 6.42 Å². The van der Waals surface area contributed by atoms with Gasteiger partial charge >= 0.3 is 0 Å². The van der Waals surface area contributed by atoms with E-state index in [1.54, 1.807) is 12.1 Å². The maximum absolute atomic E-state index is 12.1. The van der Waals surface area contributed by atoms with Crippen molar-refractivity contribution in [3.63, 3.8) is 0 Å². The molecule has 1 aromatic rings. The van der Waals surface area contributed by atoms with Crippen LogP contribution in [0, 0.1) is 5.92 Å². The summed E-state index contributed by atoms with van der Waals surface area (Å²) in [5.41, 5.74) is 0.956. The quantitative estimate of drug-likeness (QED) is 0.853. The number of carbonyl (C=O) groups excluding carboxylic acids is 1. The zero-order valence-corrected chi connectivity index (χ0v) is 14.3. The third-order valence-electron chi connectivity index (χ3n) is 3.67. The molecule has 1 aliphatic rings. The highest BCUT2D eigenvalue weighted by atomic mass is 35.5. The lowest BCUT2D eigenvalue weighted by Crippen LogP contribution is -2.39. The molecule has 0 bridgehead atoms. The summed E-state index contributed by atoms with van der Waals surface area (Å²) in [4.78, 5) is 12.1. The smallest absolute Gasteiger partial charge is 0.223 e. The molecule has 0 aliphatic carbocycles. The molecule has 1 saturated heterocycles. The summed E-state index contributed by atoms with van der Waals surface area (Å²) in [7, 11) is 0. The second-order valence-corrected chi connectivity index (χ2v) is 6.22. The van der Waals surface area contributed by atoms with Gasteiger partial charge in [-0.05, 0) is 43.5 Å². The molecular formula is C15H21Cl3N2O. The third-order valence-corrected chi connectivity index (χ3v) is 4.26. The van der Waals surface area contributed by atoms with E-state index in [1.807, 2.05) is 13.0 Å². The van der Waals surface area contributed by atoms with Crippen LogP contribution in [0.25, 0.3) is 0 Å². The van der Waals surface area contributed by atoms with E-state index in [2.05, 4.69) is 10.6 Å². The van der Waals surface area contributed by atoms with Crippen molar-refractivity contribution in [1.29, 1.82) is 0 Å². The van der Waals surface area contributed by atoms with Crippen LogP contribution in [-0.2, 0) is 11.2 Å². The number of rotatable bonds is 5. The molecule has 2 N–H and O–H groups in total. The molecule has 0 radical (unpaired) electrons. The van der Waals surface area contributed by atoms with E-state index in [0.29, 0.717) is 29.1 Å². The predicted octanol–water partition coefficient (Wildman–Crippen LogP) is 3.46. The average Bonchev–Trinajstić information content (AvgIpc) is 2.92. The van der Waals surface area contributed by atoms with Crippen molar-refractivity contribution in [3.05, 3.63) is 33.8 Å². The largest absolute Gasteiger partial charge is 0.354 e. The van der Waals surface area contributed by atoms with Crippen LogP contribution in [-0.4, -0.2) is 25.0 Å². The lowest BCUT2D eigenvalue weighted by molar-refractivity contribution is -0.124. The van der Waals surface area contributed by atoms with E-state index in [4.69, 9.17) is 23.2 Å². The lowest BCUT2D eigenvalue weighted by Gasteiger charge is -2.16. The van der Waals surface area contributed by atoms with E-state index in [0.717, 1.165) is 18.5 Å². The van der Waals surface area contributed by atoms with Crippen molar-refractivity contribution in [1.82, 2.24) is 10.6 Å². The molecule has 0 aromatic heterocycles. The molecule has 2 atom stereocenters. The Morgan fingerprint density at radius 3 is 2.86 bits per heavy atom. The number of carbonyl (C=O) groups is 1.